The lowest BCUT2D eigenvalue weighted by molar-refractivity contribution is -0.127. The summed E-state index contributed by atoms with van der Waals surface area (Å²) in [5.41, 5.74) is -0.977. The molecule has 2 rings (SSSR count). The monoisotopic (exact) mass is 293 g/mol. The molecule has 0 unspecified atom stereocenters. The van der Waals surface area contributed by atoms with Gasteiger partial charge < -0.3 is 10.4 Å². The molecule has 1 aliphatic carbocycles. The molecule has 0 bridgehead atoms. The number of carbonyl (C=O) groups is 1. The molecule has 1 saturated carbocycles. The molecule has 0 heterocycles. The zero-order chi connectivity index (χ0) is 15.5. The summed E-state index contributed by atoms with van der Waals surface area (Å²) in [7, 11) is 0. The van der Waals surface area contributed by atoms with Gasteiger partial charge in [0.1, 0.15) is 5.82 Å². The summed E-state index contributed by atoms with van der Waals surface area (Å²) in [5, 5.41) is 13.3. The van der Waals surface area contributed by atoms with Crippen LogP contribution < -0.4 is 5.32 Å². The Bertz CT molecular complexity index is 507. The Morgan fingerprint density at radius 3 is 2.62 bits per heavy atom. The summed E-state index contributed by atoms with van der Waals surface area (Å²) in [6, 6.07) is 6.10. The molecular formula is C17H24FNO2. The molecule has 0 saturated heterocycles. The van der Waals surface area contributed by atoms with Gasteiger partial charge in [0.2, 0.25) is 5.91 Å². The molecule has 1 aromatic rings. The van der Waals surface area contributed by atoms with E-state index in [4.69, 9.17) is 0 Å². The van der Waals surface area contributed by atoms with Crippen LogP contribution in [0.5, 0.6) is 0 Å². The third-order valence-corrected chi connectivity index (χ3v) is 4.48. The number of halogens is 1. The van der Waals surface area contributed by atoms with Crippen LogP contribution in [0, 0.1) is 5.82 Å². The highest BCUT2D eigenvalue weighted by Crippen LogP contribution is 2.28. The maximum absolute atomic E-state index is 13.3. The van der Waals surface area contributed by atoms with E-state index in [0.717, 1.165) is 32.1 Å². The molecule has 3 nitrogen and oxygen atoms in total. The Balaban J connectivity index is 2.01. The van der Waals surface area contributed by atoms with Crippen molar-refractivity contribution in [2.24, 2.45) is 0 Å². The minimum atomic E-state index is -0.826. The zero-order valence-electron chi connectivity index (χ0n) is 12.8. The molecule has 21 heavy (non-hydrogen) atoms. The molecule has 0 radical (unpaired) electrons. The van der Waals surface area contributed by atoms with Gasteiger partial charge in [0.05, 0.1) is 11.0 Å². The lowest BCUT2D eigenvalue weighted by atomic mass is 9.82. The zero-order valence-corrected chi connectivity index (χ0v) is 12.8. The topological polar surface area (TPSA) is 49.3 Å². The van der Waals surface area contributed by atoms with Gasteiger partial charge in [-0.3, -0.25) is 4.79 Å². The van der Waals surface area contributed by atoms with Crippen LogP contribution in [0.2, 0.25) is 0 Å². The molecule has 0 aliphatic heterocycles. The van der Waals surface area contributed by atoms with Crippen LogP contribution in [0.4, 0.5) is 4.39 Å². The molecule has 1 amide bonds. The van der Waals surface area contributed by atoms with E-state index in [2.05, 4.69) is 5.32 Å². The van der Waals surface area contributed by atoms with Crippen molar-refractivity contribution in [1.29, 1.82) is 0 Å². The third kappa shape index (κ3) is 3.82. The van der Waals surface area contributed by atoms with Gasteiger partial charge in [-0.25, -0.2) is 4.39 Å². The Morgan fingerprint density at radius 2 is 2.00 bits per heavy atom. The average molecular weight is 293 g/mol. The van der Waals surface area contributed by atoms with Crippen LogP contribution >= 0.6 is 0 Å². The quantitative estimate of drug-likeness (QED) is 0.896. The first-order chi connectivity index (χ1) is 9.83. The predicted molar refractivity (Wildman–Crippen MR) is 80.5 cm³/mol. The van der Waals surface area contributed by atoms with Gasteiger partial charge in [0.25, 0.3) is 0 Å². The fourth-order valence-corrected chi connectivity index (χ4v) is 2.86. The third-order valence-electron chi connectivity index (χ3n) is 4.48. The van der Waals surface area contributed by atoms with Crippen molar-refractivity contribution in [2.75, 3.05) is 6.54 Å². The fraction of sp³-hybridized carbons (Fsp3) is 0.588. The van der Waals surface area contributed by atoms with E-state index < -0.39 is 11.0 Å². The molecule has 1 aliphatic rings. The van der Waals surface area contributed by atoms with Gasteiger partial charge in [-0.1, -0.05) is 31.4 Å². The molecule has 1 aromatic carbocycles. The lowest BCUT2D eigenvalue weighted by Crippen LogP contribution is -2.48. The van der Waals surface area contributed by atoms with Crippen molar-refractivity contribution in [1.82, 2.24) is 5.32 Å². The Morgan fingerprint density at radius 1 is 1.33 bits per heavy atom. The first-order valence-corrected chi connectivity index (χ1v) is 7.60. The van der Waals surface area contributed by atoms with Crippen LogP contribution in [0.1, 0.15) is 51.5 Å². The smallest absolute Gasteiger partial charge is 0.230 e. The minimum Gasteiger partial charge on any atom is -0.388 e. The van der Waals surface area contributed by atoms with Crippen molar-refractivity contribution in [3.63, 3.8) is 0 Å². The highest BCUT2D eigenvalue weighted by molar-refractivity contribution is 5.87. The Kier molecular flexibility index (Phi) is 4.67. The SMILES string of the molecule is CC(C)(C(=O)NCC1(O)CCCCC1)c1cccc(F)c1. The van der Waals surface area contributed by atoms with Gasteiger partial charge in [-0.05, 0) is 44.4 Å². The number of carbonyl (C=O) groups excluding carboxylic acids is 1. The molecule has 0 atom stereocenters. The second kappa shape index (κ2) is 6.14. The standard InChI is InChI=1S/C17H24FNO2/c1-16(2,13-7-6-8-14(18)11-13)15(20)19-12-17(21)9-4-3-5-10-17/h6-8,11,21H,3-5,9-10,12H2,1-2H3,(H,19,20). The highest BCUT2D eigenvalue weighted by Gasteiger charge is 2.34. The predicted octanol–water partition coefficient (Wildman–Crippen LogP) is 2.91. The number of benzene rings is 1. The normalized spacial score (nSPS) is 18.3. The van der Waals surface area contributed by atoms with Gasteiger partial charge in [-0.2, -0.15) is 0 Å². The molecule has 4 heteroatoms. The van der Waals surface area contributed by atoms with Crippen molar-refractivity contribution in [3.05, 3.63) is 35.6 Å². The van der Waals surface area contributed by atoms with Gasteiger partial charge in [0.15, 0.2) is 0 Å². The fourth-order valence-electron chi connectivity index (χ4n) is 2.86. The van der Waals surface area contributed by atoms with Crippen LogP contribution in [0.3, 0.4) is 0 Å². The largest absolute Gasteiger partial charge is 0.388 e. The van der Waals surface area contributed by atoms with Crippen molar-refractivity contribution < 1.29 is 14.3 Å². The maximum atomic E-state index is 13.3. The van der Waals surface area contributed by atoms with Crippen LogP contribution in [-0.4, -0.2) is 23.2 Å². The first-order valence-electron chi connectivity index (χ1n) is 7.60. The number of hydrogen-bond acceptors (Lipinski definition) is 2. The average Bonchev–Trinajstić information content (AvgIpc) is 2.45. The summed E-state index contributed by atoms with van der Waals surface area (Å²) in [6.07, 6.45) is 4.60. The first kappa shape index (κ1) is 16.0. The van der Waals surface area contributed by atoms with E-state index in [-0.39, 0.29) is 18.3 Å². The van der Waals surface area contributed by atoms with E-state index in [1.807, 2.05) is 0 Å². The van der Waals surface area contributed by atoms with E-state index in [1.54, 1.807) is 26.0 Å². The summed E-state index contributed by atoms with van der Waals surface area (Å²) in [4.78, 5) is 12.4. The molecule has 0 spiro atoms. The summed E-state index contributed by atoms with van der Waals surface area (Å²) in [6.45, 7) is 3.80. The number of aliphatic hydroxyl groups is 1. The van der Waals surface area contributed by atoms with E-state index >= 15 is 0 Å². The summed E-state index contributed by atoms with van der Waals surface area (Å²) >= 11 is 0. The van der Waals surface area contributed by atoms with Gasteiger partial charge in [-0.15, -0.1) is 0 Å². The van der Waals surface area contributed by atoms with E-state index in [0.29, 0.717) is 5.56 Å². The lowest BCUT2D eigenvalue weighted by Gasteiger charge is -2.33. The summed E-state index contributed by atoms with van der Waals surface area (Å²) < 4.78 is 13.3. The summed E-state index contributed by atoms with van der Waals surface area (Å²) in [5.74, 6) is -0.536. The van der Waals surface area contributed by atoms with E-state index in [9.17, 15) is 14.3 Å². The van der Waals surface area contributed by atoms with Crippen LogP contribution in [0.15, 0.2) is 24.3 Å². The van der Waals surface area contributed by atoms with E-state index in [1.165, 1.54) is 12.1 Å². The van der Waals surface area contributed by atoms with Crippen molar-refractivity contribution in [3.8, 4) is 0 Å². The van der Waals surface area contributed by atoms with Crippen molar-refractivity contribution >= 4 is 5.91 Å². The number of rotatable bonds is 4. The van der Waals surface area contributed by atoms with Crippen LogP contribution in [0.25, 0.3) is 0 Å². The molecule has 2 N–H and O–H groups in total. The molecule has 1 fully saturated rings. The number of hydrogen-bond donors (Lipinski definition) is 2. The molecule has 116 valence electrons. The second-order valence-electron chi connectivity index (χ2n) is 6.60. The molecular weight excluding hydrogens is 269 g/mol. The molecule has 0 aromatic heterocycles. The highest BCUT2D eigenvalue weighted by atomic mass is 19.1. The Labute approximate surface area is 125 Å². The van der Waals surface area contributed by atoms with Gasteiger partial charge in [0, 0.05) is 6.54 Å². The van der Waals surface area contributed by atoms with Crippen LogP contribution in [-0.2, 0) is 10.2 Å². The number of nitrogens with one attached hydrogen (secondary N) is 1. The second-order valence-corrected chi connectivity index (χ2v) is 6.60. The van der Waals surface area contributed by atoms with Gasteiger partial charge >= 0.3 is 0 Å². The Hall–Kier alpha value is -1.42. The number of amides is 1. The maximum Gasteiger partial charge on any atom is 0.230 e. The minimum absolute atomic E-state index is 0.188. The van der Waals surface area contributed by atoms with Crippen molar-refractivity contribution in [2.45, 2.75) is 57.0 Å².